The molecule has 0 unspecified atom stereocenters. The molecule has 0 saturated carbocycles. The second kappa shape index (κ2) is 26.6. The van der Waals surface area contributed by atoms with E-state index in [0.29, 0.717) is 0 Å². The van der Waals surface area contributed by atoms with Crippen molar-refractivity contribution in [2.45, 2.75) is 182 Å². The van der Waals surface area contributed by atoms with E-state index < -0.39 is 0 Å². The summed E-state index contributed by atoms with van der Waals surface area (Å²) < 4.78 is 1.38. The van der Waals surface area contributed by atoms with Crippen molar-refractivity contribution in [2.24, 2.45) is 0 Å². The lowest BCUT2D eigenvalue weighted by Crippen LogP contribution is -2.49. The maximum absolute atomic E-state index is 2.43. The summed E-state index contributed by atoms with van der Waals surface area (Å²) in [5.74, 6) is 0. The van der Waals surface area contributed by atoms with Gasteiger partial charge in [0.15, 0.2) is 0 Å². The van der Waals surface area contributed by atoms with Gasteiger partial charge in [-0.15, -0.1) is 0 Å². The van der Waals surface area contributed by atoms with Crippen LogP contribution in [0.4, 0.5) is 0 Å². The molecule has 0 rings (SSSR count). The Bertz CT molecular complexity index is 346. The van der Waals surface area contributed by atoms with E-state index in [-0.39, 0.29) is 0 Å². The monoisotopic (exact) mass is 467 g/mol. The molecule has 0 aliphatic rings. The summed E-state index contributed by atoms with van der Waals surface area (Å²) in [7, 11) is 0. The van der Waals surface area contributed by atoms with E-state index in [9.17, 15) is 0 Å². The molecule has 0 saturated heterocycles. The van der Waals surface area contributed by atoms with E-state index in [2.05, 4.69) is 27.7 Å². The van der Waals surface area contributed by atoms with Crippen LogP contribution in [-0.4, -0.2) is 30.7 Å². The zero-order valence-corrected chi connectivity index (χ0v) is 24.2. The van der Waals surface area contributed by atoms with Crippen molar-refractivity contribution < 1.29 is 4.48 Å². The zero-order valence-electron chi connectivity index (χ0n) is 24.2. The van der Waals surface area contributed by atoms with Crippen LogP contribution in [0.15, 0.2) is 0 Å². The maximum Gasteiger partial charge on any atom is 0.0786 e. The number of unbranched alkanes of at least 4 members (excludes halogenated alkanes) is 22. The van der Waals surface area contributed by atoms with Crippen LogP contribution in [0.5, 0.6) is 0 Å². The Balaban J connectivity index is 3.57. The summed E-state index contributed by atoms with van der Waals surface area (Å²) in [6, 6.07) is 0. The molecule has 0 heterocycles. The van der Waals surface area contributed by atoms with Gasteiger partial charge in [0.25, 0.3) is 0 Å². The molecule has 0 aliphatic heterocycles. The minimum absolute atomic E-state index is 1.34. The van der Waals surface area contributed by atoms with Crippen molar-refractivity contribution in [2.75, 3.05) is 26.2 Å². The van der Waals surface area contributed by atoms with Crippen molar-refractivity contribution in [3.05, 3.63) is 0 Å². The van der Waals surface area contributed by atoms with Gasteiger partial charge < -0.3 is 4.48 Å². The van der Waals surface area contributed by atoms with E-state index in [4.69, 9.17) is 0 Å². The molecule has 0 fully saturated rings. The van der Waals surface area contributed by atoms with Gasteiger partial charge in [0.1, 0.15) is 0 Å². The van der Waals surface area contributed by atoms with Gasteiger partial charge in [0.2, 0.25) is 0 Å². The van der Waals surface area contributed by atoms with E-state index in [1.165, 1.54) is 185 Å². The third-order valence-electron chi connectivity index (χ3n) is 8.31. The van der Waals surface area contributed by atoms with Crippen LogP contribution in [0.2, 0.25) is 0 Å². The van der Waals surface area contributed by atoms with Crippen molar-refractivity contribution in [1.82, 2.24) is 0 Å². The Kier molecular flexibility index (Phi) is 26.5. The molecule has 200 valence electrons. The van der Waals surface area contributed by atoms with E-state index in [1.807, 2.05) is 0 Å². The van der Waals surface area contributed by atoms with Crippen LogP contribution >= 0.6 is 0 Å². The van der Waals surface area contributed by atoms with E-state index in [1.54, 1.807) is 0 Å². The number of quaternary nitrogens is 1. The standard InChI is InChI=1S/C32H68N/c1-5-9-11-13-15-17-19-20-21-22-24-26-28-30-32-33(7-3,8-4)31-29-27-25-23-18-16-14-12-10-6-2/h5-32H2,1-4H3/q+1. The van der Waals surface area contributed by atoms with Crippen molar-refractivity contribution in [3.8, 4) is 0 Å². The Hall–Kier alpha value is -0.0400. The summed E-state index contributed by atoms with van der Waals surface area (Å²) in [4.78, 5) is 0. The van der Waals surface area contributed by atoms with Crippen molar-refractivity contribution in [1.29, 1.82) is 0 Å². The largest absolute Gasteiger partial charge is 0.324 e. The van der Waals surface area contributed by atoms with Crippen LogP contribution in [-0.2, 0) is 0 Å². The van der Waals surface area contributed by atoms with Gasteiger partial charge in [-0.05, 0) is 39.5 Å². The molecule has 0 amide bonds. The Morgan fingerprint density at radius 3 is 0.697 bits per heavy atom. The molecule has 0 aromatic heterocycles. The van der Waals surface area contributed by atoms with Gasteiger partial charge >= 0.3 is 0 Å². The first-order valence-corrected chi connectivity index (χ1v) is 16.1. The highest BCUT2D eigenvalue weighted by Gasteiger charge is 2.21. The summed E-state index contributed by atoms with van der Waals surface area (Å²) >= 11 is 0. The highest BCUT2D eigenvalue weighted by Crippen LogP contribution is 2.17. The quantitative estimate of drug-likeness (QED) is 0.0794. The molecule has 1 heteroatoms. The minimum Gasteiger partial charge on any atom is -0.324 e. The predicted octanol–water partition coefficient (Wildman–Crippen LogP) is 11.2. The highest BCUT2D eigenvalue weighted by atomic mass is 15.3. The smallest absolute Gasteiger partial charge is 0.0786 e. The van der Waals surface area contributed by atoms with Gasteiger partial charge in [-0.1, -0.05) is 142 Å². The molecule has 0 N–H and O–H groups in total. The van der Waals surface area contributed by atoms with Gasteiger partial charge in [-0.3, -0.25) is 0 Å². The lowest BCUT2D eigenvalue weighted by atomic mass is 10.0. The number of rotatable bonds is 28. The number of hydrogen-bond donors (Lipinski definition) is 0. The van der Waals surface area contributed by atoms with E-state index in [0.717, 1.165) is 0 Å². The van der Waals surface area contributed by atoms with Gasteiger partial charge in [-0.2, -0.15) is 0 Å². The van der Waals surface area contributed by atoms with Gasteiger partial charge in [0.05, 0.1) is 26.2 Å². The average Bonchev–Trinajstić information content (AvgIpc) is 2.84. The number of hydrogen-bond acceptors (Lipinski definition) is 0. The Labute approximate surface area is 212 Å². The molecule has 0 aromatic carbocycles. The Morgan fingerprint density at radius 2 is 0.485 bits per heavy atom. The summed E-state index contributed by atoms with van der Waals surface area (Å²) in [6.07, 6.45) is 35.1. The molecule has 0 aliphatic carbocycles. The maximum atomic E-state index is 2.43. The second-order valence-electron chi connectivity index (χ2n) is 11.2. The molecule has 0 aromatic rings. The highest BCUT2D eigenvalue weighted by molar-refractivity contribution is 4.52. The molecule has 0 atom stereocenters. The van der Waals surface area contributed by atoms with Crippen LogP contribution < -0.4 is 0 Å². The van der Waals surface area contributed by atoms with E-state index >= 15 is 0 Å². The molecular weight excluding hydrogens is 398 g/mol. The summed E-state index contributed by atoms with van der Waals surface area (Å²) in [6.45, 7) is 15.0. The average molecular weight is 467 g/mol. The molecule has 1 nitrogen and oxygen atoms in total. The predicted molar refractivity (Wildman–Crippen MR) is 153 cm³/mol. The molecular formula is C32H68N+. The van der Waals surface area contributed by atoms with Gasteiger partial charge in [0, 0.05) is 0 Å². The van der Waals surface area contributed by atoms with Crippen LogP contribution in [0.25, 0.3) is 0 Å². The van der Waals surface area contributed by atoms with Crippen molar-refractivity contribution in [3.63, 3.8) is 0 Å². The molecule has 0 bridgehead atoms. The molecule has 33 heavy (non-hydrogen) atoms. The third kappa shape index (κ3) is 22.2. The fourth-order valence-electron chi connectivity index (χ4n) is 5.54. The summed E-state index contributed by atoms with van der Waals surface area (Å²) in [5.41, 5.74) is 0. The topological polar surface area (TPSA) is 0 Å². The van der Waals surface area contributed by atoms with Crippen LogP contribution in [0.3, 0.4) is 0 Å². The van der Waals surface area contributed by atoms with Gasteiger partial charge in [-0.25, -0.2) is 0 Å². The normalized spacial score (nSPS) is 12.0. The van der Waals surface area contributed by atoms with Crippen molar-refractivity contribution >= 4 is 0 Å². The fourth-order valence-corrected chi connectivity index (χ4v) is 5.54. The van der Waals surface area contributed by atoms with Crippen LogP contribution in [0.1, 0.15) is 182 Å². The number of nitrogens with zero attached hydrogens (tertiary/aromatic N) is 1. The second-order valence-corrected chi connectivity index (χ2v) is 11.2. The first-order chi connectivity index (χ1) is 16.2. The minimum atomic E-state index is 1.34. The lowest BCUT2D eigenvalue weighted by Gasteiger charge is -2.37. The Morgan fingerprint density at radius 1 is 0.273 bits per heavy atom. The third-order valence-corrected chi connectivity index (χ3v) is 8.31. The molecule has 0 radical (unpaired) electrons. The first kappa shape index (κ1) is 33.0. The van der Waals surface area contributed by atoms with Crippen LogP contribution in [0, 0.1) is 0 Å². The SMILES string of the molecule is CCCCCCCCCCCCCCCC[N+](CC)(CC)CCCCCCCCCCCC. The fraction of sp³-hybridized carbons (Fsp3) is 1.00. The zero-order chi connectivity index (χ0) is 24.3. The molecule has 0 spiro atoms. The lowest BCUT2D eigenvalue weighted by molar-refractivity contribution is -0.925. The summed E-state index contributed by atoms with van der Waals surface area (Å²) in [5, 5.41) is 0. The first-order valence-electron chi connectivity index (χ1n) is 16.1.